The van der Waals surface area contributed by atoms with Gasteiger partial charge in [-0.2, -0.15) is 0 Å². The Morgan fingerprint density at radius 3 is 3.13 bits per heavy atom. The van der Waals surface area contributed by atoms with Crippen LogP contribution < -0.4 is 0 Å². The lowest BCUT2D eigenvalue weighted by Gasteiger charge is -2.18. The van der Waals surface area contributed by atoms with Crippen molar-refractivity contribution in [1.82, 2.24) is 9.97 Å². The van der Waals surface area contributed by atoms with Crippen LogP contribution in [0.15, 0.2) is 40.1 Å². The molecule has 1 aliphatic carbocycles. The molecule has 1 atom stereocenters. The average Bonchev–Trinajstić information content (AvgIpc) is 2.91. The molecule has 1 aromatic carbocycles. The standard InChI is InChI=1S/C18H17BrN2S2/c1-11-5-6-14-15(7-11)23-18-16(14)17(20-10-21-18)22-9-12-3-2-4-13(19)8-12/h2-4,8,10-11H,5-7,9H2,1H3/t11-/m0/s1. The van der Waals surface area contributed by atoms with Gasteiger partial charge >= 0.3 is 0 Å². The van der Waals surface area contributed by atoms with Crippen molar-refractivity contribution >= 4 is 49.2 Å². The van der Waals surface area contributed by atoms with Crippen molar-refractivity contribution in [3.63, 3.8) is 0 Å². The average molecular weight is 405 g/mol. The van der Waals surface area contributed by atoms with Gasteiger partial charge in [0, 0.05) is 20.5 Å². The summed E-state index contributed by atoms with van der Waals surface area (Å²) in [5.74, 6) is 1.73. The van der Waals surface area contributed by atoms with Gasteiger partial charge in [0.1, 0.15) is 16.2 Å². The maximum Gasteiger partial charge on any atom is 0.128 e. The van der Waals surface area contributed by atoms with Gasteiger partial charge in [0.25, 0.3) is 0 Å². The van der Waals surface area contributed by atoms with Crippen LogP contribution in [-0.2, 0) is 18.6 Å². The van der Waals surface area contributed by atoms with Crippen LogP contribution in [0.3, 0.4) is 0 Å². The van der Waals surface area contributed by atoms with E-state index in [1.165, 1.54) is 40.7 Å². The summed E-state index contributed by atoms with van der Waals surface area (Å²) in [5, 5.41) is 2.46. The van der Waals surface area contributed by atoms with E-state index >= 15 is 0 Å². The number of rotatable bonds is 3. The zero-order valence-electron chi connectivity index (χ0n) is 12.9. The Hall–Kier alpha value is -0.910. The van der Waals surface area contributed by atoms with E-state index in [-0.39, 0.29) is 0 Å². The lowest BCUT2D eigenvalue weighted by molar-refractivity contribution is 0.509. The van der Waals surface area contributed by atoms with Crippen LogP contribution in [0.4, 0.5) is 0 Å². The SMILES string of the molecule is C[C@H]1CCc2c(sc3ncnc(SCc4cccc(Br)c4)c23)C1. The molecule has 2 aromatic heterocycles. The summed E-state index contributed by atoms with van der Waals surface area (Å²) in [7, 11) is 0. The van der Waals surface area contributed by atoms with E-state index in [1.54, 1.807) is 6.33 Å². The molecule has 4 rings (SSSR count). The normalized spacial score (nSPS) is 17.4. The molecule has 2 nitrogen and oxygen atoms in total. The number of aromatic nitrogens is 2. The summed E-state index contributed by atoms with van der Waals surface area (Å²) in [6, 6.07) is 8.49. The molecule has 0 amide bonds. The Morgan fingerprint density at radius 1 is 1.35 bits per heavy atom. The Morgan fingerprint density at radius 2 is 2.26 bits per heavy atom. The predicted molar refractivity (Wildman–Crippen MR) is 102 cm³/mol. The Kier molecular flexibility index (Phi) is 4.43. The number of thiophene rings is 1. The van der Waals surface area contributed by atoms with E-state index in [0.717, 1.165) is 26.0 Å². The third-order valence-electron chi connectivity index (χ3n) is 4.32. The second-order valence-corrected chi connectivity index (χ2v) is 9.09. The van der Waals surface area contributed by atoms with Crippen molar-refractivity contribution in [1.29, 1.82) is 0 Å². The molecular formula is C18H17BrN2S2. The number of aryl methyl sites for hydroxylation is 1. The van der Waals surface area contributed by atoms with Gasteiger partial charge in [-0.15, -0.1) is 23.1 Å². The smallest absolute Gasteiger partial charge is 0.128 e. The number of hydrogen-bond donors (Lipinski definition) is 0. The van der Waals surface area contributed by atoms with Gasteiger partial charge in [0.2, 0.25) is 0 Å². The molecule has 0 unspecified atom stereocenters. The first-order chi connectivity index (χ1) is 11.2. The van der Waals surface area contributed by atoms with E-state index in [4.69, 9.17) is 0 Å². The van der Waals surface area contributed by atoms with E-state index < -0.39 is 0 Å². The van der Waals surface area contributed by atoms with Crippen LogP contribution in [-0.4, -0.2) is 9.97 Å². The second kappa shape index (κ2) is 6.54. The predicted octanol–water partition coefficient (Wildman–Crippen LogP) is 5.87. The fourth-order valence-corrected chi connectivity index (χ4v) is 5.96. The van der Waals surface area contributed by atoms with Crippen molar-refractivity contribution in [3.05, 3.63) is 51.1 Å². The van der Waals surface area contributed by atoms with Gasteiger partial charge in [0.15, 0.2) is 0 Å². The molecule has 2 heterocycles. The van der Waals surface area contributed by atoms with E-state index in [2.05, 4.69) is 57.1 Å². The summed E-state index contributed by atoms with van der Waals surface area (Å²) in [6.07, 6.45) is 5.38. The number of hydrogen-bond acceptors (Lipinski definition) is 4. The molecule has 118 valence electrons. The molecular weight excluding hydrogens is 388 g/mol. The minimum absolute atomic E-state index is 0.793. The highest BCUT2D eigenvalue weighted by Gasteiger charge is 2.23. The lowest BCUT2D eigenvalue weighted by atomic mass is 9.89. The monoisotopic (exact) mass is 404 g/mol. The molecule has 0 bridgehead atoms. The van der Waals surface area contributed by atoms with Crippen LogP contribution >= 0.6 is 39.0 Å². The molecule has 1 aliphatic rings. The minimum Gasteiger partial charge on any atom is -0.229 e. The first-order valence-electron chi connectivity index (χ1n) is 7.83. The fourth-order valence-electron chi connectivity index (χ4n) is 3.13. The maximum absolute atomic E-state index is 4.59. The first kappa shape index (κ1) is 15.6. The van der Waals surface area contributed by atoms with Crippen LogP contribution in [0, 0.1) is 5.92 Å². The van der Waals surface area contributed by atoms with Crippen molar-refractivity contribution in [3.8, 4) is 0 Å². The summed E-state index contributed by atoms with van der Waals surface area (Å²) in [6.45, 7) is 2.35. The van der Waals surface area contributed by atoms with Gasteiger partial charge in [-0.1, -0.05) is 35.0 Å². The third-order valence-corrected chi connectivity index (χ3v) is 7.04. The van der Waals surface area contributed by atoms with Gasteiger partial charge < -0.3 is 0 Å². The number of halogens is 1. The molecule has 3 aromatic rings. The summed E-state index contributed by atoms with van der Waals surface area (Å²) < 4.78 is 1.13. The van der Waals surface area contributed by atoms with Crippen LogP contribution in [0.2, 0.25) is 0 Å². The first-order valence-corrected chi connectivity index (χ1v) is 10.4. The molecule has 0 saturated carbocycles. The van der Waals surface area contributed by atoms with Crippen molar-refractivity contribution in [2.24, 2.45) is 5.92 Å². The largest absolute Gasteiger partial charge is 0.229 e. The number of thioether (sulfide) groups is 1. The van der Waals surface area contributed by atoms with Crippen LogP contribution in [0.5, 0.6) is 0 Å². The Balaban J connectivity index is 1.67. The van der Waals surface area contributed by atoms with E-state index in [1.807, 2.05) is 23.1 Å². The Labute approximate surface area is 152 Å². The molecule has 5 heteroatoms. The zero-order chi connectivity index (χ0) is 15.8. The number of fused-ring (bicyclic) bond motifs is 3. The quantitative estimate of drug-likeness (QED) is 0.403. The van der Waals surface area contributed by atoms with E-state index in [9.17, 15) is 0 Å². The van der Waals surface area contributed by atoms with Gasteiger partial charge in [-0.3, -0.25) is 0 Å². The molecule has 0 radical (unpaired) electrons. The van der Waals surface area contributed by atoms with Gasteiger partial charge in [-0.05, 0) is 48.4 Å². The molecule has 0 fully saturated rings. The summed E-state index contributed by atoms with van der Waals surface area (Å²) >= 11 is 7.24. The summed E-state index contributed by atoms with van der Waals surface area (Å²) in [5.41, 5.74) is 2.83. The van der Waals surface area contributed by atoms with Crippen LogP contribution in [0.1, 0.15) is 29.3 Å². The van der Waals surface area contributed by atoms with Crippen molar-refractivity contribution in [2.75, 3.05) is 0 Å². The lowest BCUT2D eigenvalue weighted by Crippen LogP contribution is -2.08. The third kappa shape index (κ3) is 3.19. The van der Waals surface area contributed by atoms with Gasteiger partial charge in [0.05, 0.1) is 0 Å². The highest BCUT2D eigenvalue weighted by atomic mass is 79.9. The number of benzene rings is 1. The highest BCUT2D eigenvalue weighted by Crippen LogP contribution is 2.41. The molecule has 0 aliphatic heterocycles. The topological polar surface area (TPSA) is 25.8 Å². The highest BCUT2D eigenvalue weighted by molar-refractivity contribution is 9.10. The van der Waals surface area contributed by atoms with Crippen molar-refractivity contribution in [2.45, 2.75) is 37.0 Å². The van der Waals surface area contributed by atoms with Crippen molar-refractivity contribution < 1.29 is 0 Å². The fraction of sp³-hybridized carbons (Fsp3) is 0.333. The molecule has 0 spiro atoms. The molecule has 0 N–H and O–H groups in total. The van der Waals surface area contributed by atoms with E-state index in [0.29, 0.717) is 0 Å². The zero-order valence-corrected chi connectivity index (χ0v) is 16.1. The Bertz CT molecular complexity index is 859. The van der Waals surface area contributed by atoms with Crippen LogP contribution in [0.25, 0.3) is 10.2 Å². The molecule has 0 saturated heterocycles. The second-order valence-electron chi connectivity index (χ2n) is 6.13. The minimum atomic E-state index is 0.793. The number of nitrogens with zero attached hydrogens (tertiary/aromatic N) is 2. The van der Waals surface area contributed by atoms with Gasteiger partial charge in [-0.25, -0.2) is 9.97 Å². The summed E-state index contributed by atoms with van der Waals surface area (Å²) in [4.78, 5) is 11.8. The maximum atomic E-state index is 4.59. The molecule has 23 heavy (non-hydrogen) atoms.